The van der Waals surface area contributed by atoms with E-state index in [0.717, 1.165) is 9.13 Å². The summed E-state index contributed by atoms with van der Waals surface area (Å²) in [4.78, 5) is 39.7. The maximum absolute atomic E-state index is 13.7. The van der Waals surface area contributed by atoms with Gasteiger partial charge in [0.2, 0.25) is 0 Å². The lowest BCUT2D eigenvalue weighted by atomic mass is 10.1. The normalized spacial score (nSPS) is 11.9. The predicted molar refractivity (Wildman–Crippen MR) is 138 cm³/mol. The lowest BCUT2D eigenvalue weighted by Gasteiger charge is -2.13. The molecule has 0 aliphatic carbocycles. The largest absolute Gasteiger partial charge is 0.534 e. The second-order valence-corrected chi connectivity index (χ2v) is 10.2. The van der Waals surface area contributed by atoms with Gasteiger partial charge in [-0.2, -0.15) is 21.6 Å². The van der Waals surface area contributed by atoms with Crippen molar-refractivity contribution < 1.29 is 40.1 Å². The van der Waals surface area contributed by atoms with Crippen LogP contribution in [0.1, 0.15) is 39.0 Å². The molecule has 0 aliphatic rings. The van der Waals surface area contributed by atoms with Crippen LogP contribution in [-0.2, 0) is 41.5 Å². The molecule has 4 aromatic rings. The molecule has 210 valence electrons. The maximum atomic E-state index is 13.7. The molecule has 0 fully saturated rings. The van der Waals surface area contributed by atoms with Gasteiger partial charge in [-0.25, -0.2) is 4.79 Å². The molecular weight excluding hydrogens is 553 g/mol. The smallest absolute Gasteiger partial charge is 0.456 e. The van der Waals surface area contributed by atoms with Crippen molar-refractivity contribution in [2.45, 2.75) is 32.0 Å². The molecule has 0 radical (unpaired) electrons. The van der Waals surface area contributed by atoms with Gasteiger partial charge < -0.3 is 18.1 Å². The van der Waals surface area contributed by atoms with Gasteiger partial charge in [-0.05, 0) is 18.1 Å². The topological polar surface area (TPSA) is 114 Å². The highest BCUT2D eigenvalue weighted by Gasteiger charge is 2.50. The molecule has 13 heteroatoms. The molecule has 0 amide bonds. The Balaban J connectivity index is 1.90. The lowest BCUT2D eigenvalue weighted by Crippen LogP contribution is -2.30. The second-order valence-electron chi connectivity index (χ2n) is 8.71. The number of nitrogens with zero attached hydrogens (tertiary/aromatic N) is 2. The maximum Gasteiger partial charge on any atom is 0.534 e. The summed E-state index contributed by atoms with van der Waals surface area (Å²) in [5.74, 6) is -2.83. The van der Waals surface area contributed by atoms with Gasteiger partial charge in [0.05, 0.1) is 12.1 Å². The van der Waals surface area contributed by atoms with Crippen molar-refractivity contribution in [2.75, 3.05) is 0 Å². The highest BCUT2D eigenvalue weighted by molar-refractivity contribution is 7.88. The van der Waals surface area contributed by atoms with E-state index in [1.807, 2.05) is 0 Å². The van der Waals surface area contributed by atoms with Crippen LogP contribution >= 0.6 is 0 Å². The van der Waals surface area contributed by atoms with Gasteiger partial charge in [0, 0.05) is 18.3 Å². The van der Waals surface area contributed by atoms with Gasteiger partial charge in [-0.1, -0.05) is 67.6 Å². The average Bonchev–Trinajstić information content (AvgIpc) is 3.19. The van der Waals surface area contributed by atoms with Gasteiger partial charge in [-0.3, -0.25) is 9.59 Å². The van der Waals surface area contributed by atoms with E-state index < -0.39 is 56.3 Å². The Kier molecular flexibility index (Phi) is 7.87. The molecule has 9 nitrogen and oxygen atoms in total. The fraction of sp³-hybridized carbons (Fsp3) is 0.222. The van der Waals surface area contributed by atoms with Crippen LogP contribution in [0.4, 0.5) is 13.2 Å². The zero-order valence-corrected chi connectivity index (χ0v) is 22.1. The molecule has 0 spiro atoms. The highest BCUT2D eigenvalue weighted by Crippen LogP contribution is 2.36. The monoisotopic (exact) mass is 576 g/mol. The Morgan fingerprint density at radius 1 is 0.975 bits per heavy atom. The molecule has 2 heterocycles. The number of ketones is 1. The summed E-state index contributed by atoms with van der Waals surface area (Å²) in [6.45, 7) is 0.909. The standard InChI is InChI=1S/C27H23F3N2O7S/c1-3-19-14-20-22(25(34)32(19)15-21(33)18-12-8-5-9-13-18)24(39-40(36,37)27(28,29)30)23(31(20)2)26(35)38-16-17-10-6-4-7-11-17/h4-14H,3,15-16H2,1-2H3. The van der Waals surface area contributed by atoms with E-state index in [1.54, 1.807) is 55.5 Å². The van der Waals surface area contributed by atoms with Crippen LogP contribution in [0.5, 0.6) is 5.75 Å². The second kappa shape index (κ2) is 11.0. The molecule has 0 bridgehead atoms. The quantitative estimate of drug-likeness (QED) is 0.126. The fourth-order valence-corrected chi connectivity index (χ4v) is 4.61. The Labute approximate surface area is 226 Å². The number of carbonyl (C=O) groups excluding carboxylic acids is 2. The molecule has 0 atom stereocenters. The van der Waals surface area contributed by atoms with E-state index in [0.29, 0.717) is 11.3 Å². The van der Waals surface area contributed by atoms with Crippen LogP contribution in [0, 0.1) is 0 Å². The van der Waals surface area contributed by atoms with Crippen molar-refractivity contribution in [1.82, 2.24) is 9.13 Å². The third kappa shape index (κ3) is 5.50. The number of halogens is 3. The number of alkyl halides is 3. The Hall–Kier alpha value is -4.39. The van der Waals surface area contributed by atoms with Crippen LogP contribution in [0.3, 0.4) is 0 Å². The zero-order valence-electron chi connectivity index (χ0n) is 21.3. The minimum atomic E-state index is -6.30. The van der Waals surface area contributed by atoms with Gasteiger partial charge in [0.25, 0.3) is 5.56 Å². The van der Waals surface area contributed by atoms with Crippen molar-refractivity contribution in [3.63, 3.8) is 0 Å². The first-order valence-corrected chi connectivity index (χ1v) is 13.3. The first kappa shape index (κ1) is 28.6. The molecule has 0 saturated heterocycles. The van der Waals surface area contributed by atoms with E-state index in [4.69, 9.17) is 4.74 Å². The van der Waals surface area contributed by atoms with E-state index in [1.165, 1.54) is 25.2 Å². The summed E-state index contributed by atoms with van der Waals surface area (Å²) in [7, 11) is -5.04. The van der Waals surface area contributed by atoms with Crippen LogP contribution in [0.2, 0.25) is 0 Å². The van der Waals surface area contributed by atoms with E-state index in [-0.39, 0.29) is 24.1 Å². The van der Waals surface area contributed by atoms with Crippen LogP contribution in [0.25, 0.3) is 10.9 Å². The third-order valence-electron chi connectivity index (χ3n) is 6.15. The first-order valence-electron chi connectivity index (χ1n) is 11.9. The van der Waals surface area contributed by atoms with Gasteiger partial charge in [0.1, 0.15) is 12.0 Å². The van der Waals surface area contributed by atoms with Gasteiger partial charge >= 0.3 is 21.6 Å². The van der Waals surface area contributed by atoms with Crippen molar-refractivity contribution in [1.29, 1.82) is 0 Å². The summed E-state index contributed by atoms with van der Waals surface area (Å²) < 4.78 is 75.8. The van der Waals surface area contributed by atoms with Gasteiger partial charge in [-0.15, -0.1) is 0 Å². The Morgan fingerprint density at radius 2 is 1.57 bits per heavy atom. The van der Waals surface area contributed by atoms with E-state index in [2.05, 4.69) is 4.18 Å². The summed E-state index contributed by atoms with van der Waals surface area (Å²) in [5, 5.41) is -0.625. The average molecular weight is 577 g/mol. The number of carbonyl (C=O) groups is 2. The van der Waals surface area contributed by atoms with Crippen molar-refractivity contribution in [3.05, 3.63) is 99.6 Å². The predicted octanol–water partition coefficient (Wildman–Crippen LogP) is 4.37. The number of rotatable bonds is 9. The van der Waals surface area contributed by atoms with Crippen molar-refractivity contribution in [2.24, 2.45) is 7.05 Å². The zero-order chi connectivity index (χ0) is 29.2. The molecule has 0 unspecified atom stereocenters. The Morgan fingerprint density at radius 3 is 2.15 bits per heavy atom. The van der Waals surface area contributed by atoms with Crippen LogP contribution < -0.4 is 9.74 Å². The number of aryl methyl sites for hydroxylation is 2. The summed E-state index contributed by atoms with van der Waals surface area (Å²) in [5.41, 5.74) is -6.51. The number of hydrogen-bond donors (Lipinski definition) is 0. The number of aromatic nitrogens is 2. The fourth-order valence-electron chi connectivity index (χ4n) is 4.14. The molecule has 4 rings (SSSR count). The van der Waals surface area contributed by atoms with E-state index in [9.17, 15) is 36.0 Å². The molecule has 2 aromatic carbocycles. The number of pyridine rings is 1. The third-order valence-corrected chi connectivity index (χ3v) is 7.10. The number of esters is 1. The van der Waals surface area contributed by atoms with Crippen molar-refractivity contribution >= 4 is 32.8 Å². The van der Waals surface area contributed by atoms with Gasteiger partial charge in [0.15, 0.2) is 17.2 Å². The minimum absolute atomic E-state index is 0.0794. The summed E-state index contributed by atoms with van der Waals surface area (Å²) >= 11 is 0. The Bertz CT molecular complexity index is 1740. The summed E-state index contributed by atoms with van der Waals surface area (Å²) in [6, 6.07) is 17.7. The lowest BCUT2D eigenvalue weighted by molar-refractivity contribution is -0.0500. The first-order chi connectivity index (χ1) is 18.9. The molecule has 0 N–H and O–H groups in total. The molecule has 40 heavy (non-hydrogen) atoms. The number of Topliss-reactive ketones (excluding diaryl/α,β-unsaturated/α-hetero) is 1. The molecule has 0 saturated carbocycles. The number of hydrogen-bond acceptors (Lipinski definition) is 7. The number of benzene rings is 2. The molecule has 0 aliphatic heterocycles. The summed E-state index contributed by atoms with van der Waals surface area (Å²) in [6.07, 6.45) is 0.225. The number of fused-ring (bicyclic) bond motifs is 1. The molecule has 2 aromatic heterocycles. The van der Waals surface area contributed by atoms with Crippen molar-refractivity contribution in [3.8, 4) is 5.75 Å². The number of ether oxygens (including phenoxy) is 1. The van der Waals surface area contributed by atoms with Crippen LogP contribution in [0.15, 0.2) is 71.5 Å². The van der Waals surface area contributed by atoms with Crippen LogP contribution in [-0.4, -0.2) is 34.8 Å². The van der Waals surface area contributed by atoms with E-state index >= 15 is 0 Å². The minimum Gasteiger partial charge on any atom is -0.456 e. The molecular formula is C27H23F3N2O7S. The SMILES string of the molecule is CCc1cc2c(c(OS(=O)(=O)C(F)(F)F)c(C(=O)OCc3ccccc3)n2C)c(=O)n1CC(=O)c1ccccc1. The highest BCUT2D eigenvalue weighted by atomic mass is 32.2.